The van der Waals surface area contributed by atoms with Gasteiger partial charge in [0.05, 0.1) is 18.3 Å². The smallest absolute Gasteiger partial charge is 0.408 e. The highest BCUT2D eigenvalue weighted by atomic mass is 35.5. The van der Waals surface area contributed by atoms with Gasteiger partial charge < -0.3 is 14.6 Å². The van der Waals surface area contributed by atoms with Crippen LogP contribution in [0.3, 0.4) is 0 Å². The van der Waals surface area contributed by atoms with Gasteiger partial charge >= 0.3 is 12.1 Å². The first-order valence-corrected chi connectivity index (χ1v) is 14.5. The Bertz CT molecular complexity index is 1330. The molecule has 2 aliphatic heterocycles. The van der Waals surface area contributed by atoms with Crippen LogP contribution in [0.4, 0.5) is 17.6 Å². The highest BCUT2D eigenvalue weighted by molar-refractivity contribution is 6.34. The molecule has 1 N–H and O–H groups in total. The number of hydrogen-bond donors (Lipinski definition) is 1. The Morgan fingerprint density at radius 3 is 2.29 bits per heavy atom. The van der Waals surface area contributed by atoms with Crippen LogP contribution in [0.1, 0.15) is 66.1 Å². The fourth-order valence-electron chi connectivity index (χ4n) is 5.80. The van der Waals surface area contributed by atoms with Crippen molar-refractivity contribution in [1.82, 2.24) is 9.80 Å². The summed E-state index contributed by atoms with van der Waals surface area (Å²) >= 11 is 12.0. The van der Waals surface area contributed by atoms with Gasteiger partial charge in [-0.3, -0.25) is 14.6 Å². The van der Waals surface area contributed by atoms with Crippen LogP contribution in [0.5, 0.6) is 5.75 Å². The Morgan fingerprint density at radius 2 is 1.71 bits per heavy atom. The third-order valence-electron chi connectivity index (χ3n) is 8.12. The van der Waals surface area contributed by atoms with Crippen molar-refractivity contribution < 1.29 is 41.7 Å². The third-order valence-corrected chi connectivity index (χ3v) is 8.55. The Balaban J connectivity index is 1.26. The second-order valence-electron chi connectivity index (χ2n) is 11.1. The van der Waals surface area contributed by atoms with E-state index in [9.17, 15) is 27.9 Å². The van der Waals surface area contributed by atoms with Crippen LogP contribution in [0, 0.1) is 11.7 Å². The highest BCUT2D eigenvalue weighted by Gasteiger charge is 2.46. The third kappa shape index (κ3) is 6.64. The number of hydrogen-bond acceptors (Lipinski definition) is 5. The maximum Gasteiger partial charge on any atom is 0.408 e. The molecule has 3 aliphatic rings. The number of amides is 1. The van der Waals surface area contributed by atoms with Crippen molar-refractivity contribution in [3.63, 3.8) is 0 Å². The molecular formula is C29H30Cl2F4N2O5. The van der Waals surface area contributed by atoms with Crippen molar-refractivity contribution in [3.8, 4) is 5.75 Å². The number of rotatable bonds is 8. The fraction of sp³-hybridized carbons (Fsp3) is 0.517. The van der Waals surface area contributed by atoms with Gasteiger partial charge in [-0.2, -0.15) is 13.2 Å². The Labute approximate surface area is 250 Å². The summed E-state index contributed by atoms with van der Waals surface area (Å²) in [7, 11) is 0. The molecule has 0 spiro atoms. The standard InChI is InChI=1S/C29H30Cl2F4N2O5/c1-15-25(28(39)40)37(14-42-15)27(38)22-11-21(17-2-3-17)24(12-23(22)32)41-13-16-4-6-36(7-5-16)26(29(33,34)35)18-8-19(30)10-20(31)9-18/h8-12,15-17,25-26H,2-7,13-14H2,1H3,(H,39,40)/t15-,25+,26+/m1/s1. The molecule has 0 unspecified atom stereocenters. The van der Waals surface area contributed by atoms with E-state index in [4.69, 9.17) is 32.7 Å². The SMILES string of the molecule is C[C@H]1OCN(C(=O)c2cc(C3CC3)c(OCC3CCN([C@@H](c4cc(Cl)cc(Cl)c4)C(F)(F)F)CC3)cc2F)[C@@H]1C(=O)O. The van der Waals surface area contributed by atoms with E-state index in [0.717, 1.165) is 23.8 Å². The average molecular weight is 633 g/mol. The monoisotopic (exact) mass is 632 g/mol. The summed E-state index contributed by atoms with van der Waals surface area (Å²) in [6.45, 7) is 1.79. The van der Waals surface area contributed by atoms with E-state index in [1.165, 1.54) is 36.1 Å². The summed E-state index contributed by atoms with van der Waals surface area (Å²) in [5.41, 5.74) is 0.395. The first kappa shape index (κ1) is 30.8. The molecule has 1 amide bonds. The number of halogens is 6. The number of piperidine rings is 1. The fourth-order valence-corrected chi connectivity index (χ4v) is 6.34. The van der Waals surface area contributed by atoms with E-state index in [1.807, 2.05) is 0 Å². The van der Waals surface area contributed by atoms with Crippen molar-refractivity contribution >= 4 is 35.1 Å². The van der Waals surface area contributed by atoms with E-state index < -0.39 is 42.1 Å². The van der Waals surface area contributed by atoms with Gasteiger partial charge in [-0.1, -0.05) is 23.2 Å². The number of ether oxygens (including phenoxy) is 2. The second kappa shape index (κ2) is 12.2. The van der Waals surface area contributed by atoms with Crippen LogP contribution in [0.2, 0.25) is 10.0 Å². The van der Waals surface area contributed by atoms with Gasteiger partial charge in [-0.25, -0.2) is 9.18 Å². The molecule has 2 saturated heterocycles. The zero-order chi connectivity index (χ0) is 30.3. The van der Waals surface area contributed by atoms with E-state index in [2.05, 4.69) is 0 Å². The number of likely N-dealkylation sites (tertiary alicyclic amines) is 1. The van der Waals surface area contributed by atoms with Crippen molar-refractivity contribution in [2.45, 2.75) is 62.9 Å². The maximum absolute atomic E-state index is 15.2. The summed E-state index contributed by atoms with van der Waals surface area (Å²) < 4.78 is 68.9. The van der Waals surface area contributed by atoms with Gasteiger partial charge in [0, 0.05) is 16.1 Å². The molecule has 228 valence electrons. The predicted molar refractivity (Wildman–Crippen MR) is 146 cm³/mol. The molecule has 2 heterocycles. The molecule has 1 saturated carbocycles. The van der Waals surface area contributed by atoms with Gasteiger partial charge in [0.2, 0.25) is 0 Å². The van der Waals surface area contributed by atoms with Gasteiger partial charge in [0.1, 0.15) is 24.3 Å². The molecule has 5 rings (SSSR count). The Hall–Kier alpha value is -2.60. The van der Waals surface area contributed by atoms with Crippen molar-refractivity contribution in [3.05, 3.63) is 62.9 Å². The van der Waals surface area contributed by atoms with Gasteiger partial charge in [-0.15, -0.1) is 0 Å². The lowest BCUT2D eigenvalue weighted by Crippen LogP contribution is -2.44. The van der Waals surface area contributed by atoms with Gasteiger partial charge in [0.15, 0.2) is 6.04 Å². The molecule has 2 aromatic rings. The predicted octanol–water partition coefficient (Wildman–Crippen LogP) is 6.68. The lowest BCUT2D eigenvalue weighted by atomic mass is 9.94. The number of aliphatic carboxylic acids is 1. The van der Waals surface area contributed by atoms with Crippen LogP contribution in [-0.4, -0.2) is 71.5 Å². The summed E-state index contributed by atoms with van der Waals surface area (Å²) in [6.07, 6.45) is -2.73. The number of carboxylic acid groups (broad SMARTS) is 1. The minimum atomic E-state index is -4.53. The van der Waals surface area contributed by atoms with Crippen LogP contribution < -0.4 is 4.74 Å². The minimum absolute atomic E-state index is 0.0153. The first-order valence-electron chi connectivity index (χ1n) is 13.7. The topological polar surface area (TPSA) is 79.3 Å². The van der Waals surface area contributed by atoms with E-state index in [-0.39, 0.29) is 65.2 Å². The minimum Gasteiger partial charge on any atom is -0.493 e. The summed E-state index contributed by atoms with van der Waals surface area (Å²) in [5, 5.41) is 9.78. The zero-order valence-electron chi connectivity index (χ0n) is 22.7. The normalized spacial score (nSPS) is 22.8. The number of carbonyl (C=O) groups is 2. The zero-order valence-corrected chi connectivity index (χ0v) is 24.2. The molecule has 0 aromatic heterocycles. The Morgan fingerprint density at radius 1 is 1.07 bits per heavy atom. The molecule has 0 radical (unpaired) electrons. The molecule has 2 aromatic carbocycles. The molecule has 1 aliphatic carbocycles. The molecule has 3 atom stereocenters. The maximum atomic E-state index is 15.2. The molecule has 13 heteroatoms. The quantitative estimate of drug-likeness (QED) is 0.327. The molecular weight excluding hydrogens is 603 g/mol. The van der Waals surface area contributed by atoms with Gasteiger partial charge in [-0.05, 0) is 92.9 Å². The van der Waals surface area contributed by atoms with E-state index in [0.29, 0.717) is 18.4 Å². The second-order valence-corrected chi connectivity index (χ2v) is 12.0. The Kier molecular flexibility index (Phi) is 8.95. The van der Waals surface area contributed by atoms with Gasteiger partial charge in [0.25, 0.3) is 5.91 Å². The van der Waals surface area contributed by atoms with E-state index in [1.54, 1.807) is 0 Å². The highest BCUT2D eigenvalue weighted by Crippen LogP contribution is 2.46. The lowest BCUT2D eigenvalue weighted by molar-refractivity contribution is -0.190. The molecule has 0 bridgehead atoms. The van der Waals surface area contributed by atoms with Crippen LogP contribution >= 0.6 is 23.2 Å². The van der Waals surface area contributed by atoms with Crippen LogP contribution in [0.25, 0.3) is 0 Å². The van der Waals surface area contributed by atoms with E-state index >= 15 is 4.39 Å². The summed E-state index contributed by atoms with van der Waals surface area (Å²) in [4.78, 5) is 27.2. The number of benzene rings is 2. The lowest BCUT2D eigenvalue weighted by Gasteiger charge is -2.38. The van der Waals surface area contributed by atoms with Crippen molar-refractivity contribution in [1.29, 1.82) is 0 Å². The number of alkyl halides is 3. The number of carbonyl (C=O) groups excluding carboxylic acids is 1. The summed E-state index contributed by atoms with van der Waals surface area (Å²) in [5.74, 6) is -2.54. The molecule has 7 nitrogen and oxygen atoms in total. The largest absolute Gasteiger partial charge is 0.493 e. The number of nitrogens with zero attached hydrogens (tertiary/aromatic N) is 2. The van der Waals surface area contributed by atoms with Crippen molar-refractivity contribution in [2.24, 2.45) is 5.92 Å². The van der Waals surface area contributed by atoms with Crippen LogP contribution in [-0.2, 0) is 9.53 Å². The molecule has 42 heavy (non-hydrogen) atoms. The van der Waals surface area contributed by atoms with Crippen molar-refractivity contribution in [2.75, 3.05) is 26.4 Å². The molecule has 3 fully saturated rings. The first-order chi connectivity index (χ1) is 19.8. The van der Waals surface area contributed by atoms with Crippen LogP contribution in [0.15, 0.2) is 30.3 Å². The average Bonchev–Trinajstić information content (AvgIpc) is 3.67. The number of carboxylic acids is 1. The summed E-state index contributed by atoms with van der Waals surface area (Å²) in [6, 6.07) is 3.45.